The van der Waals surface area contributed by atoms with Crippen LogP contribution in [0, 0.1) is 12.7 Å². The quantitative estimate of drug-likeness (QED) is 0.840. The fourth-order valence-corrected chi connectivity index (χ4v) is 2.36. The molecular formula is C17H19ClFN. The van der Waals surface area contributed by atoms with Crippen LogP contribution in [-0.2, 0) is 6.54 Å². The number of nitrogens with one attached hydrogen (secondary N) is 1. The molecule has 0 atom stereocenters. The fraction of sp³-hybridized carbons (Fsp3) is 0.294. The van der Waals surface area contributed by atoms with Crippen LogP contribution in [0.1, 0.15) is 25.0 Å². The zero-order valence-electron chi connectivity index (χ0n) is 12.0. The summed E-state index contributed by atoms with van der Waals surface area (Å²) in [5.41, 5.74) is 4.08. The number of rotatable bonds is 4. The van der Waals surface area contributed by atoms with Gasteiger partial charge in [-0.25, -0.2) is 4.39 Å². The molecule has 0 unspecified atom stereocenters. The van der Waals surface area contributed by atoms with Crippen molar-refractivity contribution < 1.29 is 4.39 Å². The van der Waals surface area contributed by atoms with Crippen LogP contribution in [0.5, 0.6) is 0 Å². The van der Waals surface area contributed by atoms with E-state index in [9.17, 15) is 4.39 Å². The van der Waals surface area contributed by atoms with Crippen LogP contribution in [0.4, 0.5) is 4.39 Å². The summed E-state index contributed by atoms with van der Waals surface area (Å²) < 4.78 is 13.5. The summed E-state index contributed by atoms with van der Waals surface area (Å²) in [6.45, 7) is 6.89. The molecule has 0 bridgehead atoms. The van der Waals surface area contributed by atoms with E-state index in [0.717, 1.165) is 22.3 Å². The van der Waals surface area contributed by atoms with E-state index in [1.807, 2.05) is 25.1 Å². The average molecular weight is 292 g/mol. The average Bonchev–Trinajstić information content (AvgIpc) is 2.39. The first kappa shape index (κ1) is 15.0. The molecule has 0 radical (unpaired) electrons. The maximum absolute atomic E-state index is 13.5. The molecule has 0 amide bonds. The molecular weight excluding hydrogens is 273 g/mol. The molecule has 1 nitrogen and oxygen atoms in total. The maximum Gasteiger partial charge on any atom is 0.123 e. The van der Waals surface area contributed by atoms with Gasteiger partial charge in [0.15, 0.2) is 0 Å². The summed E-state index contributed by atoms with van der Waals surface area (Å²) in [7, 11) is 0. The molecule has 3 heteroatoms. The van der Waals surface area contributed by atoms with Crippen molar-refractivity contribution in [3.05, 3.63) is 58.4 Å². The summed E-state index contributed by atoms with van der Waals surface area (Å²) in [6.07, 6.45) is 0. The van der Waals surface area contributed by atoms with Crippen molar-refractivity contribution >= 4 is 11.6 Å². The van der Waals surface area contributed by atoms with Crippen LogP contribution >= 0.6 is 11.6 Å². The fourth-order valence-electron chi connectivity index (χ4n) is 2.17. The van der Waals surface area contributed by atoms with Crippen LogP contribution < -0.4 is 5.32 Å². The zero-order chi connectivity index (χ0) is 14.7. The Kier molecular flexibility index (Phi) is 4.79. The minimum absolute atomic E-state index is 0.219. The molecule has 20 heavy (non-hydrogen) atoms. The molecule has 0 heterocycles. The van der Waals surface area contributed by atoms with Crippen molar-refractivity contribution in [2.24, 2.45) is 0 Å². The van der Waals surface area contributed by atoms with Gasteiger partial charge in [0.2, 0.25) is 0 Å². The summed E-state index contributed by atoms with van der Waals surface area (Å²) >= 11 is 6.09. The van der Waals surface area contributed by atoms with Gasteiger partial charge in [-0.2, -0.15) is 0 Å². The second-order valence-electron chi connectivity index (χ2n) is 5.30. The predicted molar refractivity (Wildman–Crippen MR) is 83.6 cm³/mol. The highest BCUT2D eigenvalue weighted by molar-refractivity contribution is 6.30. The normalized spacial score (nSPS) is 11.1. The lowest BCUT2D eigenvalue weighted by molar-refractivity contribution is 0.589. The molecule has 2 rings (SSSR count). The number of aryl methyl sites for hydroxylation is 1. The van der Waals surface area contributed by atoms with Crippen LogP contribution in [-0.4, -0.2) is 6.04 Å². The topological polar surface area (TPSA) is 12.0 Å². The second kappa shape index (κ2) is 6.38. The summed E-state index contributed by atoms with van der Waals surface area (Å²) in [5, 5.41) is 4.08. The minimum atomic E-state index is -0.219. The van der Waals surface area contributed by atoms with E-state index in [-0.39, 0.29) is 5.82 Å². The van der Waals surface area contributed by atoms with Gasteiger partial charge in [0.05, 0.1) is 0 Å². The van der Waals surface area contributed by atoms with E-state index < -0.39 is 0 Å². The predicted octanol–water partition coefficient (Wildman–Crippen LogP) is 4.95. The van der Waals surface area contributed by atoms with Crippen molar-refractivity contribution in [3.8, 4) is 11.1 Å². The molecule has 0 saturated heterocycles. The molecule has 106 valence electrons. The molecule has 2 aromatic rings. The van der Waals surface area contributed by atoms with Crippen LogP contribution in [0.2, 0.25) is 5.02 Å². The maximum atomic E-state index is 13.5. The highest BCUT2D eigenvalue weighted by atomic mass is 35.5. The lowest BCUT2D eigenvalue weighted by Crippen LogP contribution is -2.22. The molecule has 0 aliphatic rings. The SMILES string of the molecule is Cc1ccc(F)cc1-c1ccc(Cl)cc1CNC(C)C. The van der Waals surface area contributed by atoms with Gasteiger partial charge < -0.3 is 5.32 Å². The van der Waals surface area contributed by atoms with Crippen molar-refractivity contribution in [2.45, 2.75) is 33.4 Å². The Morgan fingerprint density at radius 1 is 1.10 bits per heavy atom. The lowest BCUT2D eigenvalue weighted by Gasteiger charge is -2.15. The smallest absolute Gasteiger partial charge is 0.123 e. The second-order valence-corrected chi connectivity index (χ2v) is 5.73. The Labute approximate surface area is 124 Å². The molecule has 0 aliphatic carbocycles. The summed E-state index contributed by atoms with van der Waals surface area (Å²) in [4.78, 5) is 0. The zero-order valence-corrected chi connectivity index (χ0v) is 12.8. The largest absolute Gasteiger partial charge is 0.310 e. The van der Waals surface area contributed by atoms with Crippen LogP contribution in [0.25, 0.3) is 11.1 Å². The molecule has 0 aromatic heterocycles. The van der Waals surface area contributed by atoms with Crippen molar-refractivity contribution in [1.82, 2.24) is 5.32 Å². The van der Waals surface area contributed by atoms with Gasteiger partial charge in [0, 0.05) is 17.6 Å². The Morgan fingerprint density at radius 2 is 1.85 bits per heavy atom. The van der Waals surface area contributed by atoms with Gasteiger partial charge in [-0.15, -0.1) is 0 Å². The van der Waals surface area contributed by atoms with Gasteiger partial charge in [0.1, 0.15) is 5.82 Å². The number of hydrogen-bond acceptors (Lipinski definition) is 1. The van der Waals surface area contributed by atoms with Gasteiger partial charge in [0.25, 0.3) is 0 Å². The molecule has 0 fully saturated rings. The van der Waals surface area contributed by atoms with Crippen molar-refractivity contribution in [2.75, 3.05) is 0 Å². The highest BCUT2D eigenvalue weighted by Crippen LogP contribution is 2.29. The molecule has 2 aromatic carbocycles. The first-order chi connectivity index (χ1) is 9.47. The number of benzene rings is 2. The van der Waals surface area contributed by atoms with Crippen molar-refractivity contribution in [1.29, 1.82) is 0 Å². The monoisotopic (exact) mass is 291 g/mol. The first-order valence-corrected chi connectivity index (χ1v) is 7.13. The molecule has 0 spiro atoms. The molecule has 0 aliphatic heterocycles. The van der Waals surface area contributed by atoms with Crippen LogP contribution in [0.3, 0.4) is 0 Å². The van der Waals surface area contributed by atoms with E-state index >= 15 is 0 Å². The van der Waals surface area contributed by atoms with E-state index in [1.165, 1.54) is 6.07 Å². The third kappa shape index (κ3) is 3.59. The third-order valence-corrected chi connectivity index (χ3v) is 3.49. The standard InChI is InChI=1S/C17H19ClFN/c1-11(2)20-10-13-8-14(18)5-7-16(13)17-9-15(19)6-4-12(17)3/h4-9,11,20H,10H2,1-3H3. The highest BCUT2D eigenvalue weighted by Gasteiger charge is 2.10. The third-order valence-electron chi connectivity index (χ3n) is 3.26. The molecule has 0 saturated carbocycles. The van der Waals surface area contributed by atoms with Gasteiger partial charge >= 0.3 is 0 Å². The number of hydrogen-bond donors (Lipinski definition) is 1. The Hall–Kier alpha value is -1.38. The summed E-state index contributed by atoms with van der Waals surface area (Å²) in [5.74, 6) is -0.219. The van der Waals surface area contributed by atoms with E-state index in [2.05, 4.69) is 19.2 Å². The summed E-state index contributed by atoms with van der Waals surface area (Å²) in [6, 6.07) is 11.0. The lowest BCUT2D eigenvalue weighted by atomic mass is 9.95. The van der Waals surface area contributed by atoms with Crippen LogP contribution in [0.15, 0.2) is 36.4 Å². The molecule has 1 N–H and O–H groups in total. The van der Waals surface area contributed by atoms with E-state index in [1.54, 1.807) is 12.1 Å². The van der Waals surface area contributed by atoms with Gasteiger partial charge in [-0.1, -0.05) is 37.6 Å². The van der Waals surface area contributed by atoms with Crippen molar-refractivity contribution in [3.63, 3.8) is 0 Å². The Bertz CT molecular complexity index is 608. The first-order valence-electron chi connectivity index (χ1n) is 6.75. The number of halogens is 2. The Morgan fingerprint density at radius 3 is 2.55 bits per heavy atom. The van der Waals surface area contributed by atoms with Gasteiger partial charge in [-0.3, -0.25) is 0 Å². The van der Waals surface area contributed by atoms with Gasteiger partial charge in [-0.05, 0) is 53.4 Å². The Balaban J connectivity index is 2.47. The van der Waals surface area contributed by atoms with E-state index in [0.29, 0.717) is 17.6 Å². The minimum Gasteiger partial charge on any atom is -0.310 e. The van der Waals surface area contributed by atoms with E-state index in [4.69, 9.17) is 11.6 Å².